The summed E-state index contributed by atoms with van der Waals surface area (Å²) in [6.07, 6.45) is 9.17. The maximum absolute atomic E-state index is 11.7. The Labute approximate surface area is 157 Å². The number of carbonyl (C=O) groups is 2. The van der Waals surface area contributed by atoms with E-state index in [9.17, 15) is 9.59 Å². The third kappa shape index (κ3) is 9.01. The van der Waals surface area contributed by atoms with Crippen molar-refractivity contribution in [1.82, 2.24) is 20.8 Å². The zero-order valence-electron chi connectivity index (χ0n) is 14.9. The molecule has 0 aliphatic rings. The summed E-state index contributed by atoms with van der Waals surface area (Å²) in [5.41, 5.74) is 6.27. The highest BCUT2D eigenvalue weighted by Gasteiger charge is 2.02. The normalized spacial score (nSPS) is 11.0. The van der Waals surface area contributed by atoms with Crippen LogP contribution in [0.2, 0.25) is 0 Å². The molecule has 0 spiro atoms. The van der Waals surface area contributed by atoms with E-state index in [1.165, 1.54) is 12.4 Å². The molecule has 0 aromatic carbocycles. The number of pyridine rings is 2. The molecule has 140 valence electrons. The van der Waals surface area contributed by atoms with E-state index >= 15 is 0 Å². The number of carbonyl (C=O) groups excluding carboxylic acids is 2. The van der Waals surface area contributed by atoms with Gasteiger partial charge in [0, 0.05) is 25.2 Å². The van der Waals surface area contributed by atoms with Crippen LogP contribution in [0.3, 0.4) is 0 Å². The Morgan fingerprint density at radius 3 is 1.67 bits per heavy atom. The second-order valence-electron chi connectivity index (χ2n) is 5.66. The summed E-state index contributed by atoms with van der Waals surface area (Å²) >= 11 is 0. The molecule has 0 atom stereocenters. The number of hydrazone groups is 2. The number of hydrogen-bond donors (Lipinski definition) is 2. The monoisotopic (exact) mass is 366 g/mol. The second-order valence-corrected chi connectivity index (χ2v) is 5.66. The molecule has 2 rings (SSSR count). The highest BCUT2D eigenvalue weighted by Crippen LogP contribution is 2.03. The SMILES string of the molecule is O=C(CCCCCC(=O)N/N=C/c1ccccn1)N/N=C/c1ccccn1. The molecule has 0 saturated heterocycles. The van der Waals surface area contributed by atoms with Crippen LogP contribution in [0.1, 0.15) is 43.5 Å². The van der Waals surface area contributed by atoms with Crippen LogP contribution in [0, 0.1) is 0 Å². The number of nitrogens with one attached hydrogen (secondary N) is 2. The molecule has 2 N–H and O–H groups in total. The Hall–Kier alpha value is -3.42. The fourth-order valence-electron chi connectivity index (χ4n) is 2.11. The van der Waals surface area contributed by atoms with Gasteiger partial charge in [0.2, 0.25) is 11.8 Å². The third-order valence-electron chi connectivity index (χ3n) is 3.46. The van der Waals surface area contributed by atoms with Crippen molar-refractivity contribution in [3.05, 3.63) is 60.2 Å². The van der Waals surface area contributed by atoms with Crippen molar-refractivity contribution in [2.45, 2.75) is 32.1 Å². The highest BCUT2D eigenvalue weighted by atomic mass is 16.2. The zero-order chi connectivity index (χ0) is 19.2. The van der Waals surface area contributed by atoms with Gasteiger partial charge in [0.05, 0.1) is 23.8 Å². The summed E-state index contributed by atoms with van der Waals surface area (Å²) in [5.74, 6) is -0.321. The van der Waals surface area contributed by atoms with Crippen molar-refractivity contribution >= 4 is 24.2 Å². The quantitative estimate of drug-likeness (QED) is 0.381. The van der Waals surface area contributed by atoms with Crippen molar-refractivity contribution in [1.29, 1.82) is 0 Å². The molecule has 8 nitrogen and oxygen atoms in total. The molecule has 0 unspecified atom stereocenters. The standard InChI is InChI=1S/C19H22N6O2/c26-18(24-22-14-16-8-4-6-12-20-16)10-2-1-3-11-19(27)25-23-15-17-9-5-7-13-21-17/h4-9,12-15H,1-3,10-11H2,(H,24,26)(H,25,27)/b22-14+,23-15+. The van der Waals surface area contributed by atoms with Crippen LogP contribution >= 0.6 is 0 Å². The first kappa shape index (κ1) is 19.9. The van der Waals surface area contributed by atoms with E-state index in [0.717, 1.165) is 6.42 Å². The van der Waals surface area contributed by atoms with Gasteiger partial charge in [0.1, 0.15) is 0 Å². The average molecular weight is 366 g/mol. The molecule has 2 amide bonds. The fraction of sp³-hybridized carbons (Fsp3) is 0.263. The number of hydrogen-bond acceptors (Lipinski definition) is 6. The fourth-order valence-corrected chi connectivity index (χ4v) is 2.11. The summed E-state index contributed by atoms with van der Waals surface area (Å²) in [4.78, 5) is 31.4. The van der Waals surface area contributed by atoms with Gasteiger partial charge < -0.3 is 0 Å². The van der Waals surface area contributed by atoms with Crippen LogP contribution in [0.4, 0.5) is 0 Å². The number of amides is 2. The third-order valence-corrected chi connectivity index (χ3v) is 3.46. The van der Waals surface area contributed by atoms with Gasteiger partial charge in [-0.05, 0) is 37.1 Å². The van der Waals surface area contributed by atoms with E-state index in [0.29, 0.717) is 37.1 Å². The van der Waals surface area contributed by atoms with E-state index < -0.39 is 0 Å². The van der Waals surface area contributed by atoms with Crippen LogP contribution in [0.25, 0.3) is 0 Å². The van der Waals surface area contributed by atoms with Gasteiger partial charge in [-0.15, -0.1) is 0 Å². The van der Waals surface area contributed by atoms with Crippen molar-refractivity contribution in [2.75, 3.05) is 0 Å². The van der Waals surface area contributed by atoms with Gasteiger partial charge in [-0.1, -0.05) is 18.6 Å². The van der Waals surface area contributed by atoms with Crippen molar-refractivity contribution in [2.24, 2.45) is 10.2 Å². The zero-order valence-corrected chi connectivity index (χ0v) is 14.9. The van der Waals surface area contributed by atoms with Gasteiger partial charge in [-0.2, -0.15) is 10.2 Å². The molecule has 0 saturated carbocycles. The number of rotatable bonds is 10. The maximum atomic E-state index is 11.7. The van der Waals surface area contributed by atoms with Crippen LogP contribution in [0.5, 0.6) is 0 Å². The number of nitrogens with zero attached hydrogens (tertiary/aromatic N) is 4. The molecule has 27 heavy (non-hydrogen) atoms. The number of unbranched alkanes of at least 4 members (excludes halogenated alkanes) is 2. The van der Waals surface area contributed by atoms with Crippen molar-refractivity contribution in [3.8, 4) is 0 Å². The van der Waals surface area contributed by atoms with Crippen LogP contribution < -0.4 is 10.9 Å². The van der Waals surface area contributed by atoms with E-state index in [4.69, 9.17) is 0 Å². The second kappa shape index (κ2) is 12.0. The minimum atomic E-state index is -0.161. The Bertz CT molecular complexity index is 697. The van der Waals surface area contributed by atoms with E-state index in [-0.39, 0.29) is 11.8 Å². The van der Waals surface area contributed by atoms with Crippen LogP contribution in [0.15, 0.2) is 59.0 Å². The molecule has 0 aliphatic heterocycles. The number of aromatic nitrogens is 2. The molecule has 0 radical (unpaired) electrons. The molecule has 8 heteroatoms. The van der Waals surface area contributed by atoms with Crippen LogP contribution in [-0.4, -0.2) is 34.2 Å². The van der Waals surface area contributed by atoms with Crippen molar-refractivity contribution < 1.29 is 9.59 Å². The van der Waals surface area contributed by atoms with E-state index in [1.54, 1.807) is 24.5 Å². The lowest BCUT2D eigenvalue weighted by Crippen LogP contribution is -2.18. The molecule has 0 aliphatic carbocycles. The van der Waals surface area contributed by atoms with E-state index in [2.05, 4.69) is 31.0 Å². The Balaban J connectivity index is 1.51. The molecule has 2 aromatic rings. The highest BCUT2D eigenvalue weighted by molar-refractivity contribution is 5.81. The Morgan fingerprint density at radius 1 is 0.778 bits per heavy atom. The Morgan fingerprint density at radius 2 is 1.26 bits per heavy atom. The summed E-state index contributed by atoms with van der Waals surface area (Å²) in [6, 6.07) is 10.9. The lowest BCUT2D eigenvalue weighted by atomic mass is 10.1. The smallest absolute Gasteiger partial charge is 0.240 e. The topological polar surface area (TPSA) is 109 Å². The lowest BCUT2D eigenvalue weighted by Gasteiger charge is -2.01. The minimum absolute atomic E-state index is 0.161. The molecule has 0 fully saturated rings. The lowest BCUT2D eigenvalue weighted by molar-refractivity contribution is -0.121. The van der Waals surface area contributed by atoms with Gasteiger partial charge in [0.25, 0.3) is 0 Å². The largest absolute Gasteiger partial charge is 0.273 e. The molecular formula is C19H22N6O2. The molecular weight excluding hydrogens is 344 g/mol. The summed E-state index contributed by atoms with van der Waals surface area (Å²) in [5, 5.41) is 7.71. The molecule has 0 bridgehead atoms. The first-order valence-corrected chi connectivity index (χ1v) is 8.70. The van der Waals surface area contributed by atoms with Gasteiger partial charge in [0.15, 0.2) is 0 Å². The first-order chi connectivity index (χ1) is 13.2. The summed E-state index contributed by atoms with van der Waals surface area (Å²) in [6.45, 7) is 0. The maximum Gasteiger partial charge on any atom is 0.240 e. The Kier molecular flexibility index (Phi) is 8.86. The van der Waals surface area contributed by atoms with E-state index in [1.807, 2.05) is 24.3 Å². The van der Waals surface area contributed by atoms with Crippen LogP contribution in [-0.2, 0) is 9.59 Å². The summed E-state index contributed by atoms with van der Waals surface area (Å²) < 4.78 is 0. The predicted octanol–water partition coefficient (Wildman–Crippen LogP) is 2.03. The predicted molar refractivity (Wildman–Crippen MR) is 103 cm³/mol. The molecule has 2 aromatic heterocycles. The van der Waals surface area contributed by atoms with Gasteiger partial charge >= 0.3 is 0 Å². The van der Waals surface area contributed by atoms with Gasteiger partial charge in [-0.25, -0.2) is 10.9 Å². The average Bonchev–Trinajstić information content (AvgIpc) is 2.69. The van der Waals surface area contributed by atoms with Crippen molar-refractivity contribution in [3.63, 3.8) is 0 Å². The first-order valence-electron chi connectivity index (χ1n) is 8.70. The van der Waals surface area contributed by atoms with Gasteiger partial charge in [-0.3, -0.25) is 19.6 Å². The molecule has 2 heterocycles. The minimum Gasteiger partial charge on any atom is -0.273 e. The summed E-state index contributed by atoms with van der Waals surface area (Å²) in [7, 11) is 0.